The molecule has 2 aromatic heterocycles. The summed E-state index contributed by atoms with van der Waals surface area (Å²) in [5.74, 6) is 4.29. The van der Waals surface area contributed by atoms with E-state index in [-0.39, 0.29) is 11.8 Å². The van der Waals surface area contributed by atoms with E-state index in [1.165, 1.54) is 37.4 Å². The topological polar surface area (TPSA) is 60.9 Å². The number of aryl methyl sites for hydroxylation is 2. The van der Waals surface area contributed by atoms with Crippen molar-refractivity contribution >= 4 is 17.5 Å². The number of carbonyl (C=O) groups excluding carboxylic acids is 1. The maximum Gasteiger partial charge on any atom is 0.200 e. The number of carbonyl (C=O) groups is 1. The van der Waals surface area contributed by atoms with Crippen molar-refractivity contribution in [2.45, 2.75) is 57.7 Å². The molecule has 1 aromatic carbocycles. The van der Waals surface area contributed by atoms with Gasteiger partial charge in [0.05, 0.1) is 12.0 Å². The predicted octanol–water partition coefficient (Wildman–Crippen LogP) is 6.13. The van der Waals surface area contributed by atoms with Gasteiger partial charge in [0.25, 0.3) is 0 Å². The van der Waals surface area contributed by atoms with Crippen LogP contribution in [0.2, 0.25) is 0 Å². The molecule has 4 unspecified atom stereocenters. The average molecular weight is 436 g/mol. The van der Waals surface area contributed by atoms with Gasteiger partial charge in [-0.15, -0.1) is 10.2 Å². The van der Waals surface area contributed by atoms with Crippen molar-refractivity contribution in [1.29, 1.82) is 0 Å². The highest BCUT2D eigenvalue weighted by atomic mass is 32.2. The summed E-state index contributed by atoms with van der Waals surface area (Å²) < 4.78 is 7.90. The van der Waals surface area contributed by atoms with Gasteiger partial charge < -0.3 is 4.42 Å². The predicted molar refractivity (Wildman–Crippen MR) is 122 cm³/mol. The number of thioether (sulfide) groups is 1. The first kappa shape index (κ1) is 20.6. The lowest BCUT2D eigenvalue weighted by atomic mass is 9.84. The van der Waals surface area contributed by atoms with Crippen LogP contribution < -0.4 is 0 Å². The fourth-order valence-corrected chi connectivity index (χ4v) is 6.54. The van der Waals surface area contributed by atoms with Gasteiger partial charge in [-0.2, -0.15) is 0 Å². The summed E-state index contributed by atoms with van der Waals surface area (Å²) in [4.78, 5) is 13.0. The highest BCUT2D eigenvalue weighted by Crippen LogP contribution is 2.53. The van der Waals surface area contributed by atoms with Gasteiger partial charge in [-0.3, -0.25) is 9.36 Å². The molecule has 3 aromatic rings. The second kappa shape index (κ2) is 8.30. The van der Waals surface area contributed by atoms with Crippen LogP contribution in [0.25, 0.3) is 11.6 Å². The zero-order valence-corrected chi connectivity index (χ0v) is 19.2. The fourth-order valence-electron chi connectivity index (χ4n) is 5.64. The molecule has 0 saturated heterocycles. The molecule has 162 valence electrons. The third-order valence-electron chi connectivity index (χ3n) is 7.25. The molecule has 0 amide bonds. The lowest BCUT2D eigenvalue weighted by Crippen LogP contribution is -2.23. The molecule has 0 aliphatic heterocycles. The summed E-state index contributed by atoms with van der Waals surface area (Å²) in [6, 6.07) is 10.1. The number of benzene rings is 1. The van der Waals surface area contributed by atoms with E-state index < -0.39 is 0 Å². The summed E-state index contributed by atoms with van der Waals surface area (Å²) >= 11 is 1.49. The SMILES string of the molecule is Cc1ccc(C)c(C(=O)CSc2nnc(-c3ccco3)n2C(C)C2CC3CCC2C3)c1. The Bertz CT molecular complexity index is 1090. The molecule has 2 aliphatic rings. The van der Waals surface area contributed by atoms with Crippen LogP contribution in [0.15, 0.2) is 46.2 Å². The summed E-state index contributed by atoms with van der Waals surface area (Å²) in [6.07, 6.45) is 7.04. The third-order valence-corrected chi connectivity index (χ3v) is 8.19. The van der Waals surface area contributed by atoms with Crippen molar-refractivity contribution in [1.82, 2.24) is 14.8 Å². The van der Waals surface area contributed by atoms with Crippen molar-refractivity contribution < 1.29 is 9.21 Å². The third kappa shape index (κ3) is 3.86. The van der Waals surface area contributed by atoms with Crippen LogP contribution in [-0.4, -0.2) is 26.3 Å². The summed E-state index contributed by atoms with van der Waals surface area (Å²) in [5.41, 5.74) is 2.92. The van der Waals surface area contributed by atoms with Gasteiger partial charge >= 0.3 is 0 Å². The number of nitrogens with zero attached hydrogens (tertiary/aromatic N) is 3. The van der Waals surface area contributed by atoms with Gasteiger partial charge in [0.15, 0.2) is 16.7 Å². The molecular weight excluding hydrogens is 406 g/mol. The number of aromatic nitrogens is 3. The van der Waals surface area contributed by atoms with Crippen LogP contribution in [0, 0.1) is 31.6 Å². The van der Waals surface area contributed by atoms with Crippen LogP contribution in [0.4, 0.5) is 0 Å². The second-order valence-corrected chi connectivity index (χ2v) is 10.2. The molecule has 0 radical (unpaired) electrons. The lowest BCUT2D eigenvalue weighted by Gasteiger charge is -2.30. The fraction of sp³-hybridized carbons (Fsp3) is 0.480. The normalized spacial score (nSPS) is 23.4. The number of Topliss-reactive ketones (excluding diaryl/α,β-unsaturated/α-hetero) is 1. The van der Waals surface area contributed by atoms with Crippen LogP contribution in [0.1, 0.15) is 60.1 Å². The first-order valence-electron chi connectivity index (χ1n) is 11.2. The van der Waals surface area contributed by atoms with E-state index in [9.17, 15) is 4.79 Å². The van der Waals surface area contributed by atoms with Gasteiger partial charge in [-0.1, -0.05) is 35.9 Å². The van der Waals surface area contributed by atoms with Gasteiger partial charge in [0.2, 0.25) is 5.82 Å². The Morgan fingerprint density at radius 3 is 2.81 bits per heavy atom. The smallest absolute Gasteiger partial charge is 0.200 e. The Morgan fingerprint density at radius 2 is 2.10 bits per heavy atom. The molecule has 0 spiro atoms. The minimum absolute atomic E-state index is 0.132. The number of fused-ring (bicyclic) bond motifs is 2. The number of rotatable bonds is 7. The molecule has 2 saturated carbocycles. The zero-order valence-electron chi connectivity index (χ0n) is 18.4. The van der Waals surface area contributed by atoms with E-state index in [0.717, 1.165) is 45.3 Å². The van der Waals surface area contributed by atoms with Gasteiger partial charge in [0, 0.05) is 11.6 Å². The van der Waals surface area contributed by atoms with E-state index >= 15 is 0 Å². The second-order valence-electron chi connectivity index (χ2n) is 9.26. The number of ketones is 1. The number of hydrogen-bond acceptors (Lipinski definition) is 5. The lowest BCUT2D eigenvalue weighted by molar-refractivity contribution is 0.102. The van der Waals surface area contributed by atoms with Gasteiger partial charge in [-0.05, 0) is 81.5 Å². The largest absolute Gasteiger partial charge is 0.461 e. The van der Waals surface area contributed by atoms with E-state index in [0.29, 0.717) is 11.7 Å². The van der Waals surface area contributed by atoms with Crippen molar-refractivity contribution in [3.05, 3.63) is 53.3 Å². The Balaban J connectivity index is 1.42. The van der Waals surface area contributed by atoms with E-state index in [2.05, 4.69) is 21.7 Å². The Kier molecular flexibility index (Phi) is 5.51. The maximum absolute atomic E-state index is 13.0. The van der Waals surface area contributed by atoms with Crippen LogP contribution in [0.5, 0.6) is 0 Å². The van der Waals surface area contributed by atoms with E-state index in [1.807, 2.05) is 44.2 Å². The minimum Gasteiger partial charge on any atom is -0.461 e. The van der Waals surface area contributed by atoms with Gasteiger partial charge in [-0.25, -0.2) is 0 Å². The average Bonchev–Trinajstić information content (AvgIpc) is 3.56. The van der Waals surface area contributed by atoms with Crippen molar-refractivity contribution in [2.24, 2.45) is 17.8 Å². The van der Waals surface area contributed by atoms with Crippen molar-refractivity contribution in [2.75, 3.05) is 5.75 Å². The Hall–Kier alpha value is -2.34. The molecule has 4 atom stereocenters. The quantitative estimate of drug-likeness (QED) is 0.330. The van der Waals surface area contributed by atoms with Crippen LogP contribution in [0.3, 0.4) is 0 Å². The standard InChI is InChI=1S/C25H29N3O2S/c1-15-6-7-16(2)20(11-15)22(29)14-31-25-27-26-24(23-5-4-10-30-23)28(25)17(3)21-13-18-8-9-19(21)12-18/h4-7,10-11,17-19,21H,8-9,12-14H2,1-3H3. The van der Waals surface area contributed by atoms with Gasteiger partial charge in [0.1, 0.15) is 0 Å². The molecular formula is C25H29N3O2S. The Labute approximate surface area is 187 Å². The summed E-state index contributed by atoms with van der Waals surface area (Å²) in [7, 11) is 0. The molecule has 5 rings (SSSR count). The highest BCUT2D eigenvalue weighted by molar-refractivity contribution is 7.99. The van der Waals surface area contributed by atoms with E-state index in [4.69, 9.17) is 4.42 Å². The van der Waals surface area contributed by atoms with Crippen molar-refractivity contribution in [3.63, 3.8) is 0 Å². The maximum atomic E-state index is 13.0. The minimum atomic E-state index is 0.132. The highest BCUT2D eigenvalue weighted by Gasteiger charge is 2.43. The molecule has 2 bridgehead atoms. The molecule has 0 N–H and O–H groups in total. The molecule has 5 nitrogen and oxygen atoms in total. The molecule has 2 heterocycles. The number of hydrogen-bond donors (Lipinski definition) is 0. The molecule has 6 heteroatoms. The summed E-state index contributed by atoms with van der Waals surface area (Å²) in [6.45, 7) is 6.30. The zero-order chi connectivity index (χ0) is 21.5. The van der Waals surface area contributed by atoms with Crippen LogP contribution in [-0.2, 0) is 0 Å². The molecule has 31 heavy (non-hydrogen) atoms. The van der Waals surface area contributed by atoms with E-state index in [1.54, 1.807) is 6.26 Å². The van der Waals surface area contributed by atoms with Crippen LogP contribution >= 0.6 is 11.8 Å². The number of furan rings is 1. The summed E-state index contributed by atoms with van der Waals surface area (Å²) in [5, 5.41) is 9.78. The van der Waals surface area contributed by atoms with Crippen molar-refractivity contribution in [3.8, 4) is 11.6 Å². The first-order valence-corrected chi connectivity index (χ1v) is 12.2. The molecule has 2 fully saturated rings. The Morgan fingerprint density at radius 1 is 1.23 bits per heavy atom. The monoisotopic (exact) mass is 435 g/mol. The molecule has 2 aliphatic carbocycles. The first-order chi connectivity index (χ1) is 15.0.